The van der Waals surface area contributed by atoms with Gasteiger partial charge in [-0.3, -0.25) is 9.59 Å². The number of nitrogens with one attached hydrogen (secondary N) is 2. The second kappa shape index (κ2) is 8.73. The smallest absolute Gasteiger partial charge is 0.265 e. The Morgan fingerprint density at radius 3 is 2.44 bits per heavy atom. The molecule has 1 aliphatic heterocycles. The van der Waals surface area contributed by atoms with Crippen molar-refractivity contribution in [2.24, 2.45) is 0 Å². The molecule has 3 rings (SSSR count). The van der Waals surface area contributed by atoms with E-state index in [1.807, 2.05) is 0 Å². The lowest BCUT2D eigenvalue weighted by Crippen LogP contribution is -2.23. The van der Waals surface area contributed by atoms with E-state index in [0.717, 1.165) is 11.3 Å². The summed E-state index contributed by atoms with van der Waals surface area (Å²) in [5, 5.41) is 5.58. The first-order valence-corrected chi connectivity index (χ1v) is 9.42. The van der Waals surface area contributed by atoms with Gasteiger partial charge in [0.25, 0.3) is 11.8 Å². The van der Waals surface area contributed by atoms with Crippen molar-refractivity contribution >= 4 is 29.3 Å². The lowest BCUT2D eigenvalue weighted by molar-refractivity contribution is -0.112. The third-order valence-corrected chi connectivity index (χ3v) is 5.08. The molecule has 2 amide bonds. The topological polar surface area (TPSA) is 67.4 Å². The number of benzene rings is 2. The summed E-state index contributed by atoms with van der Waals surface area (Å²) in [6.07, 6.45) is 0. The molecule has 0 unspecified atom stereocenters. The van der Waals surface area contributed by atoms with Gasteiger partial charge in [0.1, 0.15) is 16.5 Å². The van der Waals surface area contributed by atoms with E-state index in [2.05, 4.69) is 10.6 Å². The van der Waals surface area contributed by atoms with Gasteiger partial charge in [-0.25, -0.2) is 4.39 Å². The normalized spacial score (nSPS) is 13.7. The summed E-state index contributed by atoms with van der Waals surface area (Å²) in [7, 11) is 0. The molecule has 5 nitrogen and oxygen atoms in total. The Hall–Kier alpha value is -2.80. The number of halogens is 1. The van der Waals surface area contributed by atoms with Gasteiger partial charge in [0.15, 0.2) is 0 Å². The fourth-order valence-electron chi connectivity index (χ4n) is 2.51. The Bertz CT molecular complexity index is 864. The molecule has 0 bridgehead atoms. The molecule has 2 aromatic carbocycles. The Morgan fingerprint density at radius 2 is 1.78 bits per heavy atom. The number of thioether (sulfide) groups is 1. The van der Waals surface area contributed by atoms with Crippen LogP contribution in [0.2, 0.25) is 0 Å². The van der Waals surface area contributed by atoms with Gasteiger partial charge in [-0.15, -0.1) is 11.8 Å². The van der Waals surface area contributed by atoms with Gasteiger partial charge in [-0.05, 0) is 48.9 Å². The van der Waals surface area contributed by atoms with Crippen molar-refractivity contribution in [2.75, 3.05) is 17.7 Å². The van der Waals surface area contributed by atoms with Crippen molar-refractivity contribution in [2.45, 2.75) is 13.5 Å². The van der Waals surface area contributed by atoms with E-state index in [0.29, 0.717) is 35.1 Å². The molecule has 0 aliphatic carbocycles. The van der Waals surface area contributed by atoms with Gasteiger partial charge >= 0.3 is 0 Å². The summed E-state index contributed by atoms with van der Waals surface area (Å²) >= 11 is 1.47. The molecule has 0 spiro atoms. The van der Waals surface area contributed by atoms with Gasteiger partial charge in [0.2, 0.25) is 0 Å². The number of hydrogen-bond donors (Lipinski definition) is 2. The van der Waals surface area contributed by atoms with E-state index >= 15 is 0 Å². The maximum absolute atomic E-state index is 12.9. The van der Waals surface area contributed by atoms with Crippen molar-refractivity contribution in [3.8, 4) is 0 Å². The van der Waals surface area contributed by atoms with Crippen LogP contribution in [0.5, 0.6) is 0 Å². The average Bonchev–Trinajstić information content (AvgIpc) is 2.68. The highest BCUT2D eigenvalue weighted by Crippen LogP contribution is 2.26. The highest BCUT2D eigenvalue weighted by Gasteiger charge is 2.18. The first kappa shape index (κ1) is 19.0. The van der Waals surface area contributed by atoms with Crippen LogP contribution < -0.4 is 10.6 Å². The summed E-state index contributed by atoms with van der Waals surface area (Å²) in [5.74, 6) is 0.595. The van der Waals surface area contributed by atoms with Crippen LogP contribution in [0.25, 0.3) is 0 Å². The van der Waals surface area contributed by atoms with Crippen molar-refractivity contribution in [3.63, 3.8) is 0 Å². The number of carbonyl (C=O) groups excluding carboxylic acids is 2. The molecule has 0 aromatic heterocycles. The molecule has 1 aliphatic rings. The van der Waals surface area contributed by atoms with E-state index in [1.54, 1.807) is 43.3 Å². The molecule has 2 N–H and O–H groups in total. The standard InChI is InChI=1S/C20H19FN2O3S/c1-13-18(27-11-10-26-13)20(25)23-17-8-4-15(5-9-17)19(24)22-12-14-2-6-16(21)7-3-14/h2-9H,10-12H2,1H3,(H,22,24)(H,23,25). The fourth-order valence-corrected chi connectivity index (χ4v) is 3.33. The molecule has 27 heavy (non-hydrogen) atoms. The zero-order valence-electron chi connectivity index (χ0n) is 14.8. The molecular weight excluding hydrogens is 367 g/mol. The first-order chi connectivity index (χ1) is 13.0. The van der Waals surface area contributed by atoms with Crippen LogP contribution in [0.1, 0.15) is 22.8 Å². The second-order valence-electron chi connectivity index (χ2n) is 5.92. The van der Waals surface area contributed by atoms with Crippen LogP contribution in [0.15, 0.2) is 59.2 Å². The Balaban J connectivity index is 1.57. The van der Waals surface area contributed by atoms with Crippen molar-refractivity contribution in [3.05, 3.63) is 76.1 Å². The number of anilines is 1. The zero-order valence-corrected chi connectivity index (χ0v) is 15.6. The third-order valence-electron chi connectivity index (χ3n) is 3.95. The highest BCUT2D eigenvalue weighted by atomic mass is 32.2. The van der Waals surface area contributed by atoms with Crippen LogP contribution in [-0.4, -0.2) is 24.2 Å². The number of amides is 2. The number of allylic oxidation sites excluding steroid dienone is 1. The van der Waals surface area contributed by atoms with Crippen molar-refractivity contribution in [1.29, 1.82) is 0 Å². The van der Waals surface area contributed by atoms with Gasteiger partial charge in [0.05, 0.1) is 6.61 Å². The quantitative estimate of drug-likeness (QED) is 0.823. The molecular formula is C20H19FN2O3S. The minimum Gasteiger partial charge on any atom is -0.496 e. The molecule has 2 aromatic rings. The Kier molecular flexibility index (Phi) is 6.13. The van der Waals surface area contributed by atoms with Crippen LogP contribution in [0.3, 0.4) is 0 Å². The fraction of sp³-hybridized carbons (Fsp3) is 0.200. The van der Waals surface area contributed by atoms with Gasteiger partial charge in [-0.1, -0.05) is 12.1 Å². The monoisotopic (exact) mass is 386 g/mol. The molecule has 140 valence electrons. The first-order valence-electron chi connectivity index (χ1n) is 8.43. The Labute approximate surface area is 161 Å². The molecule has 0 fully saturated rings. The number of rotatable bonds is 5. The predicted octanol–water partition coefficient (Wildman–Crippen LogP) is 3.69. The molecule has 0 saturated carbocycles. The van der Waals surface area contributed by atoms with E-state index in [9.17, 15) is 14.0 Å². The van der Waals surface area contributed by atoms with E-state index < -0.39 is 0 Å². The minimum absolute atomic E-state index is 0.217. The van der Waals surface area contributed by atoms with Crippen LogP contribution in [0, 0.1) is 5.82 Å². The molecule has 0 radical (unpaired) electrons. The largest absolute Gasteiger partial charge is 0.496 e. The summed E-state index contributed by atoms with van der Waals surface area (Å²) in [6, 6.07) is 12.6. The van der Waals surface area contributed by atoms with Gasteiger partial charge in [-0.2, -0.15) is 0 Å². The SMILES string of the molecule is CC1=C(C(=O)Nc2ccc(C(=O)NCc3ccc(F)cc3)cc2)SCCO1. The van der Waals surface area contributed by atoms with E-state index in [-0.39, 0.29) is 17.6 Å². The maximum atomic E-state index is 12.9. The number of hydrogen-bond acceptors (Lipinski definition) is 4. The number of ether oxygens (including phenoxy) is 1. The summed E-state index contributed by atoms with van der Waals surface area (Å²) < 4.78 is 18.3. The molecule has 7 heteroatoms. The highest BCUT2D eigenvalue weighted by molar-refractivity contribution is 8.04. The van der Waals surface area contributed by atoms with Gasteiger partial charge in [0, 0.05) is 23.5 Å². The van der Waals surface area contributed by atoms with Crippen LogP contribution >= 0.6 is 11.8 Å². The molecule has 0 saturated heterocycles. The lowest BCUT2D eigenvalue weighted by atomic mass is 10.1. The van der Waals surface area contributed by atoms with Gasteiger partial charge < -0.3 is 15.4 Å². The summed E-state index contributed by atoms with van der Waals surface area (Å²) in [4.78, 5) is 25.1. The number of carbonyl (C=O) groups is 2. The van der Waals surface area contributed by atoms with Crippen molar-refractivity contribution in [1.82, 2.24) is 5.32 Å². The zero-order chi connectivity index (χ0) is 19.2. The van der Waals surface area contributed by atoms with Crippen LogP contribution in [0.4, 0.5) is 10.1 Å². The Morgan fingerprint density at radius 1 is 1.07 bits per heavy atom. The third kappa shape index (κ3) is 5.10. The van der Waals surface area contributed by atoms with Crippen molar-refractivity contribution < 1.29 is 18.7 Å². The van der Waals surface area contributed by atoms with Crippen LogP contribution in [-0.2, 0) is 16.1 Å². The summed E-state index contributed by atoms with van der Waals surface area (Å²) in [5.41, 5.74) is 1.88. The summed E-state index contributed by atoms with van der Waals surface area (Å²) in [6.45, 7) is 2.69. The lowest BCUT2D eigenvalue weighted by Gasteiger charge is -2.17. The predicted molar refractivity (Wildman–Crippen MR) is 104 cm³/mol. The van der Waals surface area contributed by atoms with E-state index in [4.69, 9.17) is 4.74 Å². The second-order valence-corrected chi connectivity index (χ2v) is 7.03. The maximum Gasteiger partial charge on any atom is 0.265 e. The van der Waals surface area contributed by atoms with E-state index in [1.165, 1.54) is 23.9 Å². The molecule has 0 atom stereocenters. The molecule has 1 heterocycles. The minimum atomic E-state index is -0.313. The average molecular weight is 386 g/mol.